The summed E-state index contributed by atoms with van der Waals surface area (Å²) in [5.41, 5.74) is 1.63. The molecule has 1 N–H and O–H groups in total. The number of thioether (sulfide) groups is 1. The van der Waals surface area contributed by atoms with E-state index in [1.165, 1.54) is 11.8 Å². The van der Waals surface area contributed by atoms with E-state index >= 15 is 0 Å². The van der Waals surface area contributed by atoms with Gasteiger partial charge in [0.1, 0.15) is 6.61 Å². The number of nitrogens with zero attached hydrogens (tertiary/aromatic N) is 1. The highest BCUT2D eigenvalue weighted by Crippen LogP contribution is 2.32. The predicted molar refractivity (Wildman–Crippen MR) is 106 cm³/mol. The Hall–Kier alpha value is -2.99. The van der Waals surface area contributed by atoms with Crippen LogP contribution in [0.3, 0.4) is 0 Å². The van der Waals surface area contributed by atoms with Gasteiger partial charge in [-0.15, -0.1) is 0 Å². The second-order valence-electron chi connectivity index (χ2n) is 5.33. The molecular weight excluding hydrogens is 348 g/mol. The van der Waals surface area contributed by atoms with Crippen LogP contribution in [0, 0.1) is 0 Å². The maximum atomic E-state index is 12.2. The molecule has 2 aromatic rings. The molecule has 132 valence electrons. The monoisotopic (exact) mass is 366 g/mol. The molecule has 0 bridgehead atoms. The number of benzene rings is 2. The molecule has 1 aliphatic rings. The normalized spacial score (nSPS) is 16.6. The molecule has 1 heterocycles. The molecule has 0 radical (unpaired) electrons. The summed E-state index contributed by atoms with van der Waals surface area (Å²) in [4.78, 5) is 17.2. The van der Waals surface area contributed by atoms with Gasteiger partial charge in [0.05, 0.1) is 17.7 Å². The number of ether oxygens (including phenoxy) is 2. The molecule has 0 atom stereocenters. The van der Waals surface area contributed by atoms with Gasteiger partial charge in [-0.3, -0.25) is 4.79 Å². The van der Waals surface area contributed by atoms with E-state index in [0.29, 0.717) is 28.2 Å². The Morgan fingerprint density at radius 1 is 1.19 bits per heavy atom. The van der Waals surface area contributed by atoms with Crippen LogP contribution in [0.15, 0.2) is 71.1 Å². The number of nitrogens with one attached hydrogen (secondary N) is 1. The Balaban J connectivity index is 1.80. The molecule has 5 nitrogen and oxygen atoms in total. The van der Waals surface area contributed by atoms with E-state index in [1.807, 2.05) is 48.5 Å². The van der Waals surface area contributed by atoms with Crippen molar-refractivity contribution in [2.75, 3.05) is 13.7 Å². The largest absolute Gasteiger partial charge is 0.493 e. The van der Waals surface area contributed by atoms with Crippen molar-refractivity contribution < 1.29 is 14.3 Å². The van der Waals surface area contributed by atoms with Crippen molar-refractivity contribution in [2.24, 2.45) is 4.99 Å². The zero-order chi connectivity index (χ0) is 18.4. The zero-order valence-electron chi connectivity index (χ0n) is 14.3. The average Bonchev–Trinajstić information content (AvgIpc) is 3.00. The van der Waals surface area contributed by atoms with Gasteiger partial charge in [-0.1, -0.05) is 36.9 Å². The molecule has 1 fully saturated rings. The van der Waals surface area contributed by atoms with Gasteiger partial charge >= 0.3 is 0 Å². The maximum Gasteiger partial charge on any atom is 0.264 e. The SMILES string of the molecule is C=CCOc1ccc(/C=C2\SC(=Nc3ccccc3)NC2=O)cc1OC. The second kappa shape index (κ2) is 8.40. The molecule has 0 unspecified atom stereocenters. The zero-order valence-corrected chi connectivity index (χ0v) is 15.1. The van der Waals surface area contributed by atoms with Crippen LogP contribution in [-0.4, -0.2) is 24.8 Å². The Morgan fingerprint density at radius 3 is 2.73 bits per heavy atom. The van der Waals surface area contributed by atoms with Crippen LogP contribution in [0.5, 0.6) is 11.5 Å². The van der Waals surface area contributed by atoms with Gasteiger partial charge in [0.25, 0.3) is 5.91 Å². The summed E-state index contributed by atoms with van der Waals surface area (Å²) < 4.78 is 10.9. The number of hydrogen-bond acceptors (Lipinski definition) is 5. The van der Waals surface area contributed by atoms with Crippen molar-refractivity contribution in [3.63, 3.8) is 0 Å². The first-order chi connectivity index (χ1) is 12.7. The van der Waals surface area contributed by atoms with Crippen molar-refractivity contribution in [2.45, 2.75) is 0 Å². The molecule has 1 saturated heterocycles. The molecule has 0 aromatic heterocycles. The van der Waals surface area contributed by atoms with Gasteiger partial charge in [0.2, 0.25) is 0 Å². The lowest BCUT2D eigenvalue weighted by atomic mass is 10.2. The minimum atomic E-state index is -0.171. The van der Waals surface area contributed by atoms with Crippen molar-refractivity contribution in [3.8, 4) is 11.5 Å². The summed E-state index contributed by atoms with van der Waals surface area (Å²) in [5, 5.41) is 3.34. The van der Waals surface area contributed by atoms with Crippen LogP contribution in [-0.2, 0) is 4.79 Å². The van der Waals surface area contributed by atoms with E-state index in [0.717, 1.165) is 11.3 Å². The number of para-hydroxylation sites is 1. The van der Waals surface area contributed by atoms with Crippen LogP contribution >= 0.6 is 11.8 Å². The van der Waals surface area contributed by atoms with Crippen molar-refractivity contribution in [1.82, 2.24) is 5.32 Å². The lowest BCUT2D eigenvalue weighted by molar-refractivity contribution is -0.115. The van der Waals surface area contributed by atoms with Gasteiger partial charge in [-0.25, -0.2) is 4.99 Å². The van der Waals surface area contributed by atoms with Crippen LogP contribution < -0.4 is 14.8 Å². The van der Waals surface area contributed by atoms with E-state index in [2.05, 4.69) is 16.9 Å². The number of aliphatic imine (C=N–C) groups is 1. The number of carbonyl (C=O) groups is 1. The van der Waals surface area contributed by atoms with Crippen LogP contribution in [0.25, 0.3) is 6.08 Å². The summed E-state index contributed by atoms with van der Waals surface area (Å²) in [7, 11) is 1.58. The minimum Gasteiger partial charge on any atom is -0.493 e. The fraction of sp³-hybridized carbons (Fsp3) is 0.100. The van der Waals surface area contributed by atoms with Gasteiger partial charge in [0.15, 0.2) is 16.7 Å². The molecule has 0 aliphatic carbocycles. The topological polar surface area (TPSA) is 59.9 Å². The third kappa shape index (κ3) is 4.34. The Morgan fingerprint density at radius 2 is 2.00 bits per heavy atom. The summed E-state index contributed by atoms with van der Waals surface area (Å²) in [6, 6.07) is 15.0. The van der Waals surface area contributed by atoms with Crippen molar-refractivity contribution in [1.29, 1.82) is 0 Å². The number of hydrogen-bond donors (Lipinski definition) is 1. The average molecular weight is 366 g/mol. The first-order valence-corrected chi connectivity index (χ1v) is 8.77. The number of carbonyl (C=O) groups excluding carboxylic acids is 1. The number of amides is 1. The highest BCUT2D eigenvalue weighted by Gasteiger charge is 2.23. The molecule has 1 amide bonds. The van der Waals surface area contributed by atoms with Crippen molar-refractivity contribution >= 4 is 34.6 Å². The molecule has 1 aliphatic heterocycles. The van der Waals surface area contributed by atoms with E-state index in [-0.39, 0.29) is 5.91 Å². The summed E-state index contributed by atoms with van der Waals surface area (Å²) in [6.07, 6.45) is 3.47. The predicted octanol–water partition coefficient (Wildman–Crippen LogP) is 4.15. The summed E-state index contributed by atoms with van der Waals surface area (Å²) in [5.74, 6) is 1.06. The fourth-order valence-corrected chi connectivity index (χ4v) is 3.14. The standard InChI is InChI=1S/C20H18N2O3S/c1-3-11-25-16-10-9-14(12-17(16)24-2)13-18-19(23)22-20(26-18)21-15-7-5-4-6-8-15/h3-10,12-13H,1,11H2,2H3,(H,21,22,23)/b18-13-. The third-order valence-electron chi connectivity index (χ3n) is 3.48. The number of methoxy groups -OCH3 is 1. The van der Waals surface area contributed by atoms with Crippen LogP contribution in [0.2, 0.25) is 0 Å². The molecule has 2 aromatic carbocycles. The maximum absolute atomic E-state index is 12.2. The second-order valence-corrected chi connectivity index (χ2v) is 6.36. The van der Waals surface area contributed by atoms with Gasteiger partial charge in [0, 0.05) is 0 Å². The quantitative estimate of drug-likeness (QED) is 0.616. The smallest absolute Gasteiger partial charge is 0.264 e. The van der Waals surface area contributed by atoms with Crippen LogP contribution in [0.4, 0.5) is 5.69 Å². The molecule has 6 heteroatoms. The van der Waals surface area contributed by atoms with Gasteiger partial charge in [-0.05, 0) is 47.7 Å². The summed E-state index contributed by atoms with van der Waals surface area (Å²) in [6.45, 7) is 4.03. The lowest BCUT2D eigenvalue weighted by Crippen LogP contribution is -2.19. The highest BCUT2D eigenvalue weighted by atomic mass is 32.2. The first-order valence-electron chi connectivity index (χ1n) is 7.96. The molecule has 0 saturated carbocycles. The van der Waals surface area contributed by atoms with Gasteiger partial charge < -0.3 is 14.8 Å². The first kappa shape index (κ1) is 17.8. The van der Waals surface area contributed by atoms with E-state index in [9.17, 15) is 4.79 Å². The van der Waals surface area contributed by atoms with Gasteiger partial charge in [-0.2, -0.15) is 0 Å². The van der Waals surface area contributed by atoms with Crippen LogP contribution in [0.1, 0.15) is 5.56 Å². The Bertz CT molecular complexity index is 876. The van der Waals surface area contributed by atoms with E-state index in [4.69, 9.17) is 9.47 Å². The van der Waals surface area contributed by atoms with E-state index < -0.39 is 0 Å². The Kier molecular flexibility index (Phi) is 5.76. The highest BCUT2D eigenvalue weighted by molar-refractivity contribution is 8.18. The summed E-state index contributed by atoms with van der Waals surface area (Å²) >= 11 is 1.31. The molecule has 0 spiro atoms. The number of rotatable bonds is 6. The minimum absolute atomic E-state index is 0.171. The lowest BCUT2D eigenvalue weighted by Gasteiger charge is -2.09. The third-order valence-corrected chi connectivity index (χ3v) is 4.39. The Labute approximate surface area is 156 Å². The van der Waals surface area contributed by atoms with Crippen molar-refractivity contribution in [3.05, 3.63) is 71.7 Å². The van der Waals surface area contributed by atoms with E-state index in [1.54, 1.807) is 19.3 Å². The molecular formula is C20H18N2O3S. The fourth-order valence-electron chi connectivity index (χ4n) is 2.29. The molecule has 3 rings (SSSR count). The molecule has 26 heavy (non-hydrogen) atoms. The number of amidine groups is 1.